The molecule has 96 valence electrons. The second-order valence-corrected chi connectivity index (χ2v) is 4.77. The van der Waals surface area contributed by atoms with Crippen LogP contribution in [0.4, 0.5) is 0 Å². The zero-order valence-corrected chi connectivity index (χ0v) is 10.8. The molecule has 0 aliphatic carbocycles. The van der Waals surface area contributed by atoms with Gasteiger partial charge in [0.2, 0.25) is 0 Å². The van der Waals surface area contributed by atoms with Gasteiger partial charge in [-0.15, -0.1) is 0 Å². The van der Waals surface area contributed by atoms with E-state index in [0.717, 1.165) is 38.2 Å². The van der Waals surface area contributed by atoms with Crippen LogP contribution in [0.25, 0.3) is 0 Å². The Morgan fingerprint density at radius 1 is 1.59 bits per heavy atom. The van der Waals surface area contributed by atoms with Gasteiger partial charge in [-0.1, -0.05) is 6.92 Å². The number of hydrogen-bond donors (Lipinski definition) is 1. The summed E-state index contributed by atoms with van der Waals surface area (Å²) in [4.78, 5) is 4.39. The Bertz CT molecular complexity index is 350. The summed E-state index contributed by atoms with van der Waals surface area (Å²) in [6, 6.07) is 0.162. The molecular formula is C13H23N3O. The first-order chi connectivity index (χ1) is 8.26. The Balaban J connectivity index is 1.99. The zero-order valence-electron chi connectivity index (χ0n) is 10.8. The largest absolute Gasteiger partial charge is 0.378 e. The molecule has 17 heavy (non-hydrogen) atoms. The van der Waals surface area contributed by atoms with E-state index in [1.54, 1.807) is 0 Å². The van der Waals surface area contributed by atoms with E-state index in [9.17, 15) is 0 Å². The molecule has 1 aromatic heterocycles. The smallest absolute Gasteiger partial charge is 0.110 e. The van der Waals surface area contributed by atoms with Crippen molar-refractivity contribution >= 4 is 0 Å². The molecule has 2 heterocycles. The Morgan fingerprint density at radius 2 is 2.41 bits per heavy atom. The van der Waals surface area contributed by atoms with Crippen molar-refractivity contribution in [2.45, 2.75) is 51.8 Å². The summed E-state index contributed by atoms with van der Waals surface area (Å²) < 4.78 is 7.87. The van der Waals surface area contributed by atoms with Gasteiger partial charge in [-0.3, -0.25) is 0 Å². The average molecular weight is 237 g/mol. The number of aryl methyl sites for hydroxylation is 1. The van der Waals surface area contributed by atoms with Crippen molar-refractivity contribution in [3.8, 4) is 0 Å². The van der Waals surface area contributed by atoms with Gasteiger partial charge >= 0.3 is 0 Å². The molecule has 0 aromatic carbocycles. The predicted octanol–water partition coefficient (Wildman–Crippen LogP) is 1.59. The van der Waals surface area contributed by atoms with Crippen LogP contribution in [0.2, 0.25) is 0 Å². The lowest BCUT2D eigenvalue weighted by Crippen LogP contribution is -2.37. The first kappa shape index (κ1) is 12.6. The van der Waals surface area contributed by atoms with Crippen LogP contribution in [-0.2, 0) is 17.7 Å². The second-order valence-electron chi connectivity index (χ2n) is 4.77. The molecule has 0 radical (unpaired) electrons. The lowest BCUT2D eigenvalue weighted by atomic mass is 9.90. The average Bonchev–Trinajstić information content (AvgIpc) is 2.96. The SMILES string of the molecule is CCC1OCCC1C(N)Cc1nccn1CC. The minimum atomic E-state index is 0.162. The molecule has 0 saturated carbocycles. The lowest BCUT2D eigenvalue weighted by molar-refractivity contribution is 0.0811. The standard InChI is InChI=1S/C13H23N3O/c1-3-12-10(5-8-17-12)11(14)9-13-15-6-7-16(13)4-2/h6-7,10-12H,3-5,8-9,14H2,1-2H3. The maximum Gasteiger partial charge on any atom is 0.110 e. The third kappa shape index (κ3) is 2.69. The number of aromatic nitrogens is 2. The predicted molar refractivity (Wildman–Crippen MR) is 67.7 cm³/mol. The quantitative estimate of drug-likeness (QED) is 0.846. The van der Waals surface area contributed by atoms with E-state index in [1.807, 2.05) is 12.4 Å². The molecule has 1 aliphatic rings. The van der Waals surface area contributed by atoms with E-state index in [2.05, 4.69) is 23.4 Å². The van der Waals surface area contributed by atoms with Crippen molar-refractivity contribution < 1.29 is 4.74 Å². The fraction of sp³-hybridized carbons (Fsp3) is 0.769. The van der Waals surface area contributed by atoms with Crippen LogP contribution in [0.3, 0.4) is 0 Å². The molecule has 1 fully saturated rings. The molecule has 1 aliphatic heterocycles. The van der Waals surface area contributed by atoms with Crippen molar-refractivity contribution in [3.05, 3.63) is 18.2 Å². The highest BCUT2D eigenvalue weighted by atomic mass is 16.5. The van der Waals surface area contributed by atoms with Crippen LogP contribution in [0, 0.1) is 5.92 Å². The topological polar surface area (TPSA) is 53.1 Å². The summed E-state index contributed by atoms with van der Waals surface area (Å²) in [7, 11) is 0. The molecule has 0 bridgehead atoms. The summed E-state index contributed by atoms with van der Waals surface area (Å²) in [5.74, 6) is 1.59. The second kappa shape index (κ2) is 5.65. The van der Waals surface area contributed by atoms with Crippen molar-refractivity contribution in [2.24, 2.45) is 11.7 Å². The summed E-state index contributed by atoms with van der Waals surface area (Å²) in [6.07, 6.45) is 7.21. The third-order valence-corrected chi connectivity index (χ3v) is 3.77. The van der Waals surface area contributed by atoms with E-state index in [0.29, 0.717) is 12.0 Å². The number of hydrogen-bond acceptors (Lipinski definition) is 3. The normalized spacial score (nSPS) is 26.3. The number of rotatable bonds is 5. The van der Waals surface area contributed by atoms with Gasteiger partial charge in [0.05, 0.1) is 6.10 Å². The number of nitrogens with two attached hydrogens (primary N) is 1. The molecule has 4 nitrogen and oxygen atoms in total. The van der Waals surface area contributed by atoms with Crippen LogP contribution >= 0.6 is 0 Å². The molecule has 2 N–H and O–H groups in total. The van der Waals surface area contributed by atoms with Gasteiger partial charge in [0, 0.05) is 43.9 Å². The zero-order chi connectivity index (χ0) is 12.3. The van der Waals surface area contributed by atoms with Crippen LogP contribution in [0.5, 0.6) is 0 Å². The lowest BCUT2D eigenvalue weighted by Gasteiger charge is -2.23. The Labute approximate surface area is 103 Å². The van der Waals surface area contributed by atoms with Gasteiger partial charge in [-0.2, -0.15) is 0 Å². The Morgan fingerprint density at radius 3 is 3.12 bits per heavy atom. The van der Waals surface area contributed by atoms with Crippen molar-refractivity contribution in [2.75, 3.05) is 6.61 Å². The number of imidazole rings is 1. The summed E-state index contributed by atoms with van der Waals surface area (Å²) in [5.41, 5.74) is 6.33. The van der Waals surface area contributed by atoms with E-state index < -0.39 is 0 Å². The highest BCUT2D eigenvalue weighted by molar-refractivity contribution is 4.97. The van der Waals surface area contributed by atoms with Gasteiger partial charge in [0.15, 0.2) is 0 Å². The molecular weight excluding hydrogens is 214 g/mol. The van der Waals surface area contributed by atoms with Crippen LogP contribution < -0.4 is 5.73 Å². The van der Waals surface area contributed by atoms with Gasteiger partial charge in [0.1, 0.15) is 5.82 Å². The molecule has 4 heteroatoms. The summed E-state index contributed by atoms with van der Waals surface area (Å²) >= 11 is 0. The van der Waals surface area contributed by atoms with E-state index in [4.69, 9.17) is 10.5 Å². The van der Waals surface area contributed by atoms with Gasteiger partial charge in [-0.05, 0) is 19.8 Å². The van der Waals surface area contributed by atoms with Gasteiger partial charge in [-0.25, -0.2) is 4.98 Å². The molecule has 0 spiro atoms. The van der Waals surface area contributed by atoms with Crippen molar-refractivity contribution in [1.82, 2.24) is 9.55 Å². The molecule has 3 atom stereocenters. The molecule has 3 unspecified atom stereocenters. The Kier molecular flexibility index (Phi) is 4.18. The molecule has 1 aromatic rings. The highest BCUT2D eigenvalue weighted by Gasteiger charge is 2.32. The van der Waals surface area contributed by atoms with Crippen molar-refractivity contribution in [1.29, 1.82) is 0 Å². The van der Waals surface area contributed by atoms with E-state index in [-0.39, 0.29) is 6.04 Å². The van der Waals surface area contributed by atoms with Crippen LogP contribution in [0.15, 0.2) is 12.4 Å². The first-order valence-corrected chi connectivity index (χ1v) is 6.63. The number of nitrogens with zero attached hydrogens (tertiary/aromatic N) is 2. The maximum atomic E-state index is 6.33. The van der Waals surface area contributed by atoms with Crippen molar-refractivity contribution in [3.63, 3.8) is 0 Å². The van der Waals surface area contributed by atoms with Crippen LogP contribution in [-0.4, -0.2) is 28.3 Å². The number of ether oxygens (including phenoxy) is 1. The molecule has 2 rings (SSSR count). The van der Waals surface area contributed by atoms with E-state index in [1.165, 1.54) is 0 Å². The van der Waals surface area contributed by atoms with E-state index >= 15 is 0 Å². The molecule has 1 saturated heterocycles. The summed E-state index contributed by atoms with van der Waals surface area (Å²) in [6.45, 7) is 6.12. The van der Waals surface area contributed by atoms with Crippen LogP contribution in [0.1, 0.15) is 32.5 Å². The third-order valence-electron chi connectivity index (χ3n) is 3.77. The van der Waals surface area contributed by atoms with Gasteiger partial charge in [0.25, 0.3) is 0 Å². The molecule has 0 amide bonds. The minimum Gasteiger partial charge on any atom is -0.378 e. The highest BCUT2D eigenvalue weighted by Crippen LogP contribution is 2.26. The first-order valence-electron chi connectivity index (χ1n) is 6.63. The Hall–Kier alpha value is -0.870. The maximum absolute atomic E-state index is 6.33. The monoisotopic (exact) mass is 237 g/mol. The van der Waals surface area contributed by atoms with Gasteiger partial charge < -0.3 is 15.0 Å². The fourth-order valence-corrected chi connectivity index (χ4v) is 2.76. The minimum absolute atomic E-state index is 0.162. The fourth-order valence-electron chi connectivity index (χ4n) is 2.76. The summed E-state index contributed by atoms with van der Waals surface area (Å²) in [5, 5.41) is 0.